The molecule has 1 aliphatic carbocycles. The first-order chi connectivity index (χ1) is 7.34. The van der Waals surface area contributed by atoms with Crippen molar-refractivity contribution < 1.29 is 0 Å². The Bertz CT molecular complexity index is 308. The van der Waals surface area contributed by atoms with E-state index in [0.717, 1.165) is 18.2 Å². The Labute approximate surface area is 96.1 Å². The van der Waals surface area contributed by atoms with Gasteiger partial charge in [-0.05, 0) is 30.9 Å². The molecule has 3 heteroatoms. The summed E-state index contributed by atoms with van der Waals surface area (Å²) in [5.74, 6) is 0.839. The summed E-state index contributed by atoms with van der Waals surface area (Å²) in [6.45, 7) is 1.07. The molecule has 82 valence electrons. The van der Waals surface area contributed by atoms with E-state index in [4.69, 9.17) is 11.6 Å². The Morgan fingerprint density at radius 3 is 2.87 bits per heavy atom. The van der Waals surface area contributed by atoms with Crippen molar-refractivity contribution in [3.63, 3.8) is 0 Å². The number of pyridine rings is 1. The van der Waals surface area contributed by atoms with Gasteiger partial charge in [0.1, 0.15) is 5.15 Å². The molecule has 1 aliphatic rings. The van der Waals surface area contributed by atoms with Crippen LogP contribution in [-0.4, -0.2) is 11.5 Å². The number of hydrogen-bond donors (Lipinski definition) is 1. The van der Waals surface area contributed by atoms with Crippen molar-refractivity contribution in [1.29, 1.82) is 0 Å². The van der Waals surface area contributed by atoms with E-state index in [-0.39, 0.29) is 0 Å². The summed E-state index contributed by atoms with van der Waals surface area (Å²) in [4.78, 5) is 3.96. The molecule has 0 radical (unpaired) electrons. The molecule has 1 heterocycles. The Morgan fingerprint density at radius 2 is 2.13 bits per heavy atom. The molecular formula is C12H17ClN2. The highest BCUT2D eigenvalue weighted by molar-refractivity contribution is 6.29. The molecule has 0 aliphatic heterocycles. The van der Waals surface area contributed by atoms with Crippen LogP contribution in [0.5, 0.6) is 0 Å². The highest BCUT2D eigenvalue weighted by Crippen LogP contribution is 2.24. The summed E-state index contributed by atoms with van der Waals surface area (Å²) < 4.78 is 0. The fourth-order valence-corrected chi connectivity index (χ4v) is 2.34. The second-order valence-corrected chi connectivity index (χ2v) is 4.64. The standard InChI is InChI=1S/C12H17ClN2/c13-12-8-11(6-7-14-12)15-9-10-4-2-1-3-5-10/h6-8,10H,1-5,9H2,(H,14,15). The summed E-state index contributed by atoms with van der Waals surface area (Å²) >= 11 is 5.82. The number of halogens is 1. The summed E-state index contributed by atoms with van der Waals surface area (Å²) in [6.07, 6.45) is 8.67. The van der Waals surface area contributed by atoms with Gasteiger partial charge >= 0.3 is 0 Å². The molecule has 0 amide bonds. The van der Waals surface area contributed by atoms with Crippen LogP contribution in [0, 0.1) is 5.92 Å². The van der Waals surface area contributed by atoms with E-state index >= 15 is 0 Å². The lowest BCUT2D eigenvalue weighted by Crippen LogP contribution is -2.17. The van der Waals surface area contributed by atoms with Gasteiger partial charge in [0.15, 0.2) is 0 Å². The predicted octanol–water partition coefficient (Wildman–Crippen LogP) is 3.73. The molecule has 1 aromatic rings. The van der Waals surface area contributed by atoms with Crippen LogP contribution in [0.3, 0.4) is 0 Å². The van der Waals surface area contributed by atoms with Crippen LogP contribution < -0.4 is 5.32 Å². The second-order valence-electron chi connectivity index (χ2n) is 4.25. The topological polar surface area (TPSA) is 24.9 Å². The number of nitrogens with one attached hydrogen (secondary N) is 1. The Morgan fingerprint density at radius 1 is 1.33 bits per heavy atom. The highest BCUT2D eigenvalue weighted by atomic mass is 35.5. The summed E-state index contributed by atoms with van der Waals surface area (Å²) in [6, 6.07) is 3.85. The van der Waals surface area contributed by atoms with Crippen molar-refractivity contribution in [3.05, 3.63) is 23.5 Å². The summed E-state index contributed by atoms with van der Waals surface area (Å²) in [5, 5.41) is 3.99. The zero-order chi connectivity index (χ0) is 10.5. The third-order valence-corrected chi connectivity index (χ3v) is 3.25. The van der Waals surface area contributed by atoms with Gasteiger partial charge in [-0.2, -0.15) is 0 Å². The average molecular weight is 225 g/mol. The van der Waals surface area contributed by atoms with Gasteiger partial charge < -0.3 is 5.32 Å². The Kier molecular flexibility index (Phi) is 3.84. The van der Waals surface area contributed by atoms with Crippen LogP contribution in [0.2, 0.25) is 5.15 Å². The fraction of sp³-hybridized carbons (Fsp3) is 0.583. The smallest absolute Gasteiger partial charge is 0.131 e. The van der Waals surface area contributed by atoms with Gasteiger partial charge in [0.25, 0.3) is 0 Å². The Hall–Kier alpha value is -0.760. The molecule has 1 saturated carbocycles. The number of anilines is 1. The molecule has 0 atom stereocenters. The molecule has 0 bridgehead atoms. The van der Waals surface area contributed by atoms with E-state index in [0.29, 0.717) is 5.15 Å². The lowest BCUT2D eigenvalue weighted by molar-refractivity contribution is 0.373. The molecule has 1 aromatic heterocycles. The van der Waals surface area contributed by atoms with Gasteiger partial charge in [-0.3, -0.25) is 0 Å². The van der Waals surface area contributed by atoms with Crippen LogP contribution in [0.4, 0.5) is 5.69 Å². The molecule has 1 N–H and O–H groups in total. The van der Waals surface area contributed by atoms with Crippen molar-refractivity contribution in [2.75, 3.05) is 11.9 Å². The number of rotatable bonds is 3. The zero-order valence-electron chi connectivity index (χ0n) is 8.88. The number of aromatic nitrogens is 1. The lowest BCUT2D eigenvalue weighted by atomic mass is 9.89. The second kappa shape index (κ2) is 5.36. The molecule has 0 aromatic carbocycles. The SMILES string of the molecule is Clc1cc(NCC2CCCCC2)ccn1. The largest absolute Gasteiger partial charge is 0.385 e. The van der Waals surface area contributed by atoms with E-state index in [1.165, 1.54) is 32.1 Å². The van der Waals surface area contributed by atoms with Crippen LogP contribution in [-0.2, 0) is 0 Å². The predicted molar refractivity (Wildman–Crippen MR) is 64.3 cm³/mol. The molecule has 1 fully saturated rings. The van der Waals surface area contributed by atoms with E-state index in [2.05, 4.69) is 10.3 Å². The van der Waals surface area contributed by atoms with Crippen LogP contribution in [0.25, 0.3) is 0 Å². The van der Waals surface area contributed by atoms with Gasteiger partial charge in [-0.15, -0.1) is 0 Å². The van der Waals surface area contributed by atoms with Gasteiger partial charge in [0.05, 0.1) is 0 Å². The molecule has 15 heavy (non-hydrogen) atoms. The fourth-order valence-electron chi connectivity index (χ4n) is 2.17. The minimum atomic E-state index is 0.559. The third kappa shape index (κ3) is 3.38. The van der Waals surface area contributed by atoms with E-state index < -0.39 is 0 Å². The first-order valence-electron chi connectivity index (χ1n) is 5.70. The van der Waals surface area contributed by atoms with Crippen molar-refractivity contribution in [1.82, 2.24) is 4.98 Å². The van der Waals surface area contributed by atoms with Crippen LogP contribution in [0.1, 0.15) is 32.1 Å². The van der Waals surface area contributed by atoms with Crippen LogP contribution in [0.15, 0.2) is 18.3 Å². The van der Waals surface area contributed by atoms with Crippen molar-refractivity contribution in [3.8, 4) is 0 Å². The number of hydrogen-bond acceptors (Lipinski definition) is 2. The maximum absolute atomic E-state index is 5.82. The van der Waals surface area contributed by atoms with Gasteiger partial charge in [-0.25, -0.2) is 4.98 Å². The maximum Gasteiger partial charge on any atom is 0.131 e. The van der Waals surface area contributed by atoms with Crippen molar-refractivity contribution in [2.24, 2.45) is 5.92 Å². The number of nitrogens with zero attached hydrogens (tertiary/aromatic N) is 1. The lowest BCUT2D eigenvalue weighted by Gasteiger charge is -2.22. The van der Waals surface area contributed by atoms with Gasteiger partial charge in [0.2, 0.25) is 0 Å². The third-order valence-electron chi connectivity index (χ3n) is 3.05. The van der Waals surface area contributed by atoms with E-state index in [9.17, 15) is 0 Å². The monoisotopic (exact) mass is 224 g/mol. The van der Waals surface area contributed by atoms with E-state index in [1.54, 1.807) is 6.20 Å². The first kappa shape index (κ1) is 10.7. The normalized spacial score (nSPS) is 17.7. The molecule has 2 rings (SSSR count). The maximum atomic E-state index is 5.82. The molecular weight excluding hydrogens is 208 g/mol. The zero-order valence-corrected chi connectivity index (χ0v) is 9.63. The quantitative estimate of drug-likeness (QED) is 0.792. The first-order valence-corrected chi connectivity index (χ1v) is 6.08. The van der Waals surface area contributed by atoms with Gasteiger partial charge in [0, 0.05) is 18.4 Å². The molecule has 2 nitrogen and oxygen atoms in total. The van der Waals surface area contributed by atoms with E-state index in [1.807, 2.05) is 12.1 Å². The molecule has 0 saturated heterocycles. The van der Waals surface area contributed by atoms with Crippen molar-refractivity contribution in [2.45, 2.75) is 32.1 Å². The minimum Gasteiger partial charge on any atom is -0.385 e. The Balaban J connectivity index is 1.81. The van der Waals surface area contributed by atoms with Crippen LogP contribution >= 0.6 is 11.6 Å². The van der Waals surface area contributed by atoms with Crippen molar-refractivity contribution >= 4 is 17.3 Å². The average Bonchev–Trinajstić information content (AvgIpc) is 2.28. The minimum absolute atomic E-state index is 0.559. The molecule has 0 unspecified atom stereocenters. The molecule has 0 spiro atoms. The summed E-state index contributed by atoms with van der Waals surface area (Å²) in [7, 11) is 0. The summed E-state index contributed by atoms with van der Waals surface area (Å²) in [5.41, 5.74) is 1.08. The highest BCUT2D eigenvalue weighted by Gasteiger charge is 2.12. The van der Waals surface area contributed by atoms with Gasteiger partial charge in [-0.1, -0.05) is 30.9 Å².